The zero-order chi connectivity index (χ0) is 44.4. The van der Waals surface area contributed by atoms with E-state index in [0.717, 1.165) is 96.3 Å². The average molecular weight is 855 g/mol. The summed E-state index contributed by atoms with van der Waals surface area (Å²) < 4.78 is 16.8. The molecular formula is C55H98O6. The smallest absolute Gasteiger partial charge is 0.306 e. The van der Waals surface area contributed by atoms with Crippen LogP contribution in [0, 0.1) is 0 Å². The van der Waals surface area contributed by atoms with E-state index in [2.05, 4.69) is 69.4 Å². The van der Waals surface area contributed by atoms with Crippen LogP contribution in [0.15, 0.2) is 48.6 Å². The monoisotopic (exact) mass is 855 g/mol. The van der Waals surface area contributed by atoms with E-state index < -0.39 is 6.10 Å². The van der Waals surface area contributed by atoms with Crippen molar-refractivity contribution in [2.75, 3.05) is 13.2 Å². The Morgan fingerprint density at radius 2 is 0.623 bits per heavy atom. The van der Waals surface area contributed by atoms with E-state index in [0.29, 0.717) is 19.3 Å². The standard InChI is InChI=1S/C55H98O6/c1-4-7-10-13-16-19-22-25-26-27-28-29-31-33-36-39-42-45-48-54(57)60-51-52(50-59-53(56)47-44-41-38-35-32-24-21-18-15-12-9-6-3)61-55(58)49-46-43-40-37-34-30-23-20-17-14-11-8-5-2/h11,14,18,20-21,23,26-27,52H,4-10,12-13,15-17,19,22,24-25,28-51H2,1-3H3/b14-11-,21-18-,23-20-,27-26-. The molecule has 0 aromatic rings. The Balaban J connectivity index is 4.36. The second-order valence-corrected chi connectivity index (χ2v) is 17.4. The molecule has 0 fully saturated rings. The highest BCUT2D eigenvalue weighted by molar-refractivity contribution is 5.71. The molecule has 6 nitrogen and oxygen atoms in total. The molecule has 0 saturated heterocycles. The minimum atomic E-state index is -0.783. The summed E-state index contributed by atoms with van der Waals surface area (Å²) in [5, 5.41) is 0. The Kier molecular flexibility index (Phi) is 47.9. The van der Waals surface area contributed by atoms with Gasteiger partial charge in [0, 0.05) is 19.3 Å². The molecule has 61 heavy (non-hydrogen) atoms. The molecule has 354 valence electrons. The van der Waals surface area contributed by atoms with Gasteiger partial charge in [0.15, 0.2) is 6.10 Å². The third-order valence-electron chi connectivity index (χ3n) is 11.3. The number of rotatable bonds is 47. The molecule has 0 spiro atoms. The molecule has 1 unspecified atom stereocenters. The van der Waals surface area contributed by atoms with E-state index >= 15 is 0 Å². The van der Waals surface area contributed by atoms with Crippen molar-refractivity contribution in [3.63, 3.8) is 0 Å². The van der Waals surface area contributed by atoms with Crippen molar-refractivity contribution in [3.8, 4) is 0 Å². The Morgan fingerprint density at radius 3 is 1.02 bits per heavy atom. The van der Waals surface area contributed by atoms with Crippen LogP contribution in [0.25, 0.3) is 0 Å². The van der Waals surface area contributed by atoms with Crippen LogP contribution < -0.4 is 0 Å². The number of esters is 3. The van der Waals surface area contributed by atoms with Gasteiger partial charge in [0.1, 0.15) is 13.2 Å². The maximum absolute atomic E-state index is 12.8. The molecule has 0 saturated carbocycles. The average Bonchev–Trinajstić information content (AvgIpc) is 3.26. The maximum Gasteiger partial charge on any atom is 0.306 e. The van der Waals surface area contributed by atoms with Crippen LogP contribution in [0.5, 0.6) is 0 Å². The van der Waals surface area contributed by atoms with Gasteiger partial charge in [-0.05, 0) is 96.3 Å². The molecule has 0 aromatic heterocycles. The van der Waals surface area contributed by atoms with Gasteiger partial charge in [-0.3, -0.25) is 14.4 Å². The van der Waals surface area contributed by atoms with Crippen LogP contribution in [-0.4, -0.2) is 37.2 Å². The minimum Gasteiger partial charge on any atom is -0.462 e. The van der Waals surface area contributed by atoms with E-state index in [4.69, 9.17) is 14.2 Å². The highest BCUT2D eigenvalue weighted by atomic mass is 16.6. The maximum atomic E-state index is 12.8. The molecule has 0 rings (SSSR count). The summed E-state index contributed by atoms with van der Waals surface area (Å²) in [7, 11) is 0. The summed E-state index contributed by atoms with van der Waals surface area (Å²) in [6.45, 7) is 6.54. The van der Waals surface area contributed by atoms with Gasteiger partial charge in [0.25, 0.3) is 0 Å². The van der Waals surface area contributed by atoms with Gasteiger partial charge in [-0.1, -0.05) is 198 Å². The SMILES string of the molecule is CCC/C=C\C/C=C\CCCCCCCC(=O)OC(COC(=O)CCCCCCC/C=C\CCCCC)COC(=O)CCCCCCCCC/C=C\CCCCCCCCC. The van der Waals surface area contributed by atoms with Crippen molar-refractivity contribution in [2.45, 2.75) is 271 Å². The van der Waals surface area contributed by atoms with Crippen molar-refractivity contribution in [3.05, 3.63) is 48.6 Å². The van der Waals surface area contributed by atoms with E-state index in [1.807, 2.05) is 0 Å². The molecule has 0 aliphatic heterocycles. The lowest BCUT2D eigenvalue weighted by molar-refractivity contribution is -0.167. The van der Waals surface area contributed by atoms with Gasteiger partial charge < -0.3 is 14.2 Å². The normalized spacial score (nSPS) is 12.4. The first-order chi connectivity index (χ1) is 30.0. The summed E-state index contributed by atoms with van der Waals surface area (Å²) in [4.78, 5) is 37.9. The van der Waals surface area contributed by atoms with Gasteiger partial charge in [-0.15, -0.1) is 0 Å². The van der Waals surface area contributed by atoms with Gasteiger partial charge in [0.2, 0.25) is 0 Å². The molecule has 0 aliphatic rings. The highest BCUT2D eigenvalue weighted by Crippen LogP contribution is 2.14. The van der Waals surface area contributed by atoms with Gasteiger partial charge in [-0.25, -0.2) is 0 Å². The molecule has 1 atom stereocenters. The first kappa shape index (κ1) is 58.4. The first-order valence-corrected chi connectivity index (χ1v) is 26.1. The second kappa shape index (κ2) is 50.0. The lowest BCUT2D eigenvalue weighted by atomic mass is 10.1. The van der Waals surface area contributed by atoms with E-state index in [-0.39, 0.29) is 31.1 Å². The predicted molar refractivity (Wildman–Crippen MR) is 261 cm³/mol. The second-order valence-electron chi connectivity index (χ2n) is 17.4. The van der Waals surface area contributed by atoms with Crippen molar-refractivity contribution < 1.29 is 28.6 Å². The highest BCUT2D eigenvalue weighted by Gasteiger charge is 2.19. The van der Waals surface area contributed by atoms with Crippen molar-refractivity contribution in [2.24, 2.45) is 0 Å². The predicted octanol–water partition coefficient (Wildman–Crippen LogP) is 17.1. The third kappa shape index (κ3) is 48.3. The molecular weight excluding hydrogens is 757 g/mol. The van der Waals surface area contributed by atoms with Crippen LogP contribution in [0.2, 0.25) is 0 Å². The summed E-state index contributed by atoms with van der Waals surface area (Å²) in [5.41, 5.74) is 0. The third-order valence-corrected chi connectivity index (χ3v) is 11.3. The van der Waals surface area contributed by atoms with Crippen molar-refractivity contribution in [1.29, 1.82) is 0 Å². The molecule has 0 amide bonds. The van der Waals surface area contributed by atoms with Gasteiger partial charge in [0.05, 0.1) is 0 Å². The number of hydrogen-bond acceptors (Lipinski definition) is 6. The van der Waals surface area contributed by atoms with Gasteiger partial charge in [-0.2, -0.15) is 0 Å². The fraction of sp³-hybridized carbons (Fsp3) is 0.800. The summed E-state index contributed by atoms with van der Waals surface area (Å²) in [5.74, 6) is -0.905. The van der Waals surface area contributed by atoms with Crippen LogP contribution in [0.1, 0.15) is 265 Å². The van der Waals surface area contributed by atoms with Crippen molar-refractivity contribution in [1.82, 2.24) is 0 Å². The molecule has 0 aliphatic carbocycles. The molecule has 0 heterocycles. The Bertz CT molecular complexity index is 1070. The quantitative estimate of drug-likeness (QED) is 0.0263. The van der Waals surface area contributed by atoms with E-state index in [9.17, 15) is 14.4 Å². The van der Waals surface area contributed by atoms with Gasteiger partial charge >= 0.3 is 17.9 Å². The molecule has 6 heteroatoms. The molecule has 0 N–H and O–H groups in total. The van der Waals surface area contributed by atoms with Crippen LogP contribution in [0.3, 0.4) is 0 Å². The fourth-order valence-corrected chi connectivity index (χ4v) is 7.29. The molecule has 0 radical (unpaired) electrons. The van der Waals surface area contributed by atoms with Crippen molar-refractivity contribution >= 4 is 17.9 Å². The zero-order valence-corrected chi connectivity index (χ0v) is 40.4. The lowest BCUT2D eigenvalue weighted by Gasteiger charge is -2.18. The number of ether oxygens (including phenoxy) is 3. The van der Waals surface area contributed by atoms with E-state index in [1.54, 1.807) is 0 Å². The summed E-state index contributed by atoms with van der Waals surface area (Å²) >= 11 is 0. The minimum absolute atomic E-state index is 0.0830. The van der Waals surface area contributed by atoms with Crippen LogP contribution in [0.4, 0.5) is 0 Å². The summed E-state index contributed by atoms with van der Waals surface area (Å²) in [6, 6.07) is 0. The number of hydrogen-bond donors (Lipinski definition) is 0. The number of allylic oxidation sites excluding steroid dienone is 8. The Labute approximate surface area is 378 Å². The first-order valence-electron chi connectivity index (χ1n) is 26.1. The fourth-order valence-electron chi connectivity index (χ4n) is 7.29. The largest absolute Gasteiger partial charge is 0.462 e. The lowest BCUT2D eigenvalue weighted by Crippen LogP contribution is -2.30. The topological polar surface area (TPSA) is 78.9 Å². The van der Waals surface area contributed by atoms with E-state index in [1.165, 1.54) is 128 Å². The number of carbonyl (C=O) groups is 3. The van der Waals surface area contributed by atoms with Crippen LogP contribution >= 0.6 is 0 Å². The Hall–Kier alpha value is -2.63. The zero-order valence-electron chi connectivity index (χ0n) is 40.4. The number of carbonyl (C=O) groups excluding carboxylic acids is 3. The van der Waals surface area contributed by atoms with Crippen LogP contribution in [-0.2, 0) is 28.6 Å². The Morgan fingerprint density at radius 1 is 0.328 bits per heavy atom. The summed E-state index contributed by atoms with van der Waals surface area (Å²) in [6.07, 6.45) is 59.5. The molecule has 0 bridgehead atoms. The number of unbranched alkanes of at least 4 members (excludes halogenated alkanes) is 28. The molecule has 0 aromatic carbocycles.